The number of carbonyl (C=O) groups excluding carboxylic acids is 1. The fraction of sp³-hybridized carbons (Fsp3) is 0.316. The number of aryl methyl sites for hydroxylation is 2. The van der Waals surface area contributed by atoms with Crippen LogP contribution in [0.15, 0.2) is 42.5 Å². The quantitative estimate of drug-likeness (QED) is 0.897. The molecule has 0 aromatic heterocycles. The fourth-order valence-corrected chi connectivity index (χ4v) is 2.95. The van der Waals surface area contributed by atoms with Crippen LogP contribution in [0.5, 0.6) is 5.75 Å². The maximum absolute atomic E-state index is 14.1. The van der Waals surface area contributed by atoms with Gasteiger partial charge in [0.15, 0.2) is 6.61 Å². The lowest BCUT2D eigenvalue weighted by molar-refractivity contribution is -0.104. The molecule has 0 spiro atoms. The summed E-state index contributed by atoms with van der Waals surface area (Å²) in [4.78, 5) is 11.3. The first-order valence-corrected chi connectivity index (χ1v) is 7.96. The minimum Gasteiger partial charge on any atom is -0.488 e. The number of halogens is 2. The van der Waals surface area contributed by atoms with Crippen molar-refractivity contribution in [3.05, 3.63) is 64.7 Å². The third-order valence-corrected chi connectivity index (χ3v) is 4.12. The van der Waals surface area contributed by atoms with E-state index in [4.69, 9.17) is 4.74 Å². The molecule has 1 atom stereocenters. The van der Waals surface area contributed by atoms with Crippen molar-refractivity contribution in [3.63, 3.8) is 0 Å². The number of ether oxygens (including phenoxy) is 2. The molecule has 6 heteroatoms. The summed E-state index contributed by atoms with van der Waals surface area (Å²) >= 11 is 0. The average molecular weight is 347 g/mol. The first-order chi connectivity index (χ1) is 11.9. The molecule has 0 saturated carbocycles. The van der Waals surface area contributed by atoms with Crippen molar-refractivity contribution in [2.24, 2.45) is 0 Å². The zero-order chi connectivity index (χ0) is 18.0. The van der Waals surface area contributed by atoms with Crippen LogP contribution in [0.1, 0.15) is 28.3 Å². The molecule has 0 aliphatic carbocycles. The number of carbonyl (C=O) groups is 1. The minimum absolute atomic E-state index is 0.337. The van der Waals surface area contributed by atoms with Crippen LogP contribution in [0.25, 0.3) is 0 Å². The van der Waals surface area contributed by atoms with E-state index < -0.39 is 24.7 Å². The minimum atomic E-state index is -3.17. The molecule has 1 aliphatic heterocycles. The topological polar surface area (TPSA) is 47.6 Å². The van der Waals surface area contributed by atoms with Crippen LogP contribution in [0.4, 0.5) is 13.6 Å². The third kappa shape index (κ3) is 3.73. The Labute approximate surface area is 144 Å². The zero-order valence-corrected chi connectivity index (χ0v) is 14.0. The summed E-state index contributed by atoms with van der Waals surface area (Å²) in [5, 5.41) is 2.20. The molecule has 132 valence electrons. The van der Waals surface area contributed by atoms with Crippen LogP contribution in [-0.4, -0.2) is 18.6 Å². The number of hydrogen-bond acceptors (Lipinski definition) is 3. The van der Waals surface area contributed by atoms with E-state index in [0.29, 0.717) is 17.9 Å². The predicted octanol–water partition coefficient (Wildman–Crippen LogP) is 4.30. The summed E-state index contributed by atoms with van der Waals surface area (Å²) in [6.07, 6.45) is -0.837. The number of amides is 1. The second-order valence-corrected chi connectivity index (χ2v) is 6.17. The SMILES string of the molecule is Cc1cc([C@H]2NC(=O)OCC2(F)F)cc(C)c1OCc1ccccc1. The molecule has 2 aromatic carbocycles. The number of nitrogens with one attached hydrogen (secondary N) is 1. The van der Waals surface area contributed by atoms with Gasteiger partial charge in [-0.25, -0.2) is 13.6 Å². The molecule has 1 N–H and O–H groups in total. The summed E-state index contributed by atoms with van der Waals surface area (Å²) in [6, 6.07) is 11.5. The van der Waals surface area contributed by atoms with Gasteiger partial charge in [-0.2, -0.15) is 0 Å². The lowest BCUT2D eigenvalue weighted by atomic mass is 9.95. The summed E-state index contributed by atoms with van der Waals surface area (Å²) in [7, 11) is 0. The molecular weight excluding hydrogens is 328 g/mol. The highest BCUT2D eigenvalue weighted by Gasteiger charge is 2.47. The van der Waals surface area contributed by atoms with Crippen molar-refractivity contribution in [3.8, 4) is 5.75 Å². The Morgan fingerprint density at radius 2 is 1.84 bits per heavy atom. The highest BCUT2D eigenvalue weighted by Crippen LogP contribution is 2.37. The molecule has 1 saturated heterocycles. The predicted molar refractivity (Wildman–Crippen MR) is 88.9 cm³/mol. The maximum Gasteiger partial charge on any atom is 0.408 e. The van der Waals surface area contributed by atoms with Crippen LogP contribution < -0.4 is 10.1 Å². The fourth-order valence-electron chi connectivity index (χ4n) is 2.95. The van der Waals surface area contributed by atoms with Crippen LogP contribution in [0.2, 0.25) is 0 Å². The maximum atomic E-state index is 14.1. The molecule has 1 amide bonds. The number of alkyl carbamates (subject to hydrolysis) is 1. The van der Waals surface area contributed by atoms with Gasteiger partial charge in [-0.05, 0) is 36.1 Å². The number of cyclic esters (lactones) is 1. The molecule has 1 fully saturated rings. The smallest absolute Gasteiger partial charge is 0.408 e. The van der Waals surface area contributed by atoms with Gasteiger partial charge in [0, 0.05) is 0 Å². The molecule has 2 aromatic rings. The first-order valence-electron chi connectivity index (χ1n) is 7.96. The molecule has 0 unspecified atom stereocenters. The number of benzene rings is 2. The van der Waals surface area contributed by atoms with E-state index in [0.717, 1.165) is 16.7 Å². The van der Waals surface area contributed by atoms with E-state index in [1.54, 1.807) is 26.0 Å². The van der Waals surface area contributed by atoms with Crippen LogP contribution in [0, 0.1) is 13.8 Å². The van der Waals surface area contributed by atoms with E-state index in [1.807, 2.05) is 30.3 Å². The standard InChI is InChI=1S/C19H19F2NO3/c1-12-8-15(17-19(20,21)11-25-18(23)22-17)9-13(2)16(12)24-10-14-6-4-3-5-7-14/h3-9,17H,10-11H2,1-2H3,(H,22,23)/t17-/m1/s1. The van der Waals surface area contributed by atoms with Gasteiger partial charge in [0.05, 0.1) is 0 Å². The van der Waals surface area contributed by atoms with Gasteiger partial charge in [-0.15, -0.1) is 0 Å². The molecule has 0 radical (unpaired) electrons. The van der Waals surface area contributed by atoms with Gasteiger partial charge in [0.1, 0.15) is 18.4 Å². The molecular formula is C19H19F2NO3. The largest absolute Gasteiger partial charge is 0.488 e. The summed E-state index contributed by atoms with van der Waals surface area (Å²) in [5.74, 6) is -2.51. The first kappa shape index (κ1) is 17.2. The Morgan fingerprint density at radius 3 is 2.48 bits per heavy atom. The highest BCUT2D eigenvalue weighted by molar-refractivity contribution is 5.69. The van der Waals surface area contributed by atoms with Crippen molar-refractivity contribution in [1.29, 1.82) is 0 Å². The summed E-state index contributed by atoms with van der Waals surface area (Å²) in [6.45, 7) is 3.08. The lowest BCUT2D eigenvalue weighted by Gasteiger charge is -2.32. The van der Waals surface area contributed by atoms with Crippen molar-refractivity contribution in [2.45, 2.75) is 32.4 Å². The van der Waals surface area contributed by atoms with E-state index in [-0.39, 0.29) is 0 Å². The van der Waals surface area contributed by atoms with E-state index in [2.05, 4.69) is 10.1 Å². The molecule has 4 nitrogen and oxygen atoms in total. The average Bonchev–Trinajstić information content (AvgIpc) is 2.57. The van der Waals surface area contributed by atoms with Gasteiger partial charge < -0.3 is 14.8 Å². The van der Waals surface area contributed by atoms with Gasteiger partial charge in [0.25, 0.3) is 0 Å². The second kappa shape index (κ2) is 6.70. The number of hydrogen-bond donors (Lipinski definition) is 1. The number of alkyl halides is 2. The molecule has 3 rings (SSSR count). The molecule has 25 heavy (non-hydrogen) atoms. The van der Waals surface area contributed by atoms with Gasteiger partial charge in [-0.1, -0.05) is 42.5 Å². The van der Waals surface area contributed by atoms with Gasteiger partial charge in [0.2, 0.25) is 0 Å². The van der Waals surface area contributed by atoms with Gasteiger partial charge >= 0.3 is 12.0 Å². The summed E-state index contributed by atoms with van der Waals surface area (Å²) < 4.78 is 38.4. The van der Waals surface area contributed by atoms with E-state index in [1.165, 1.54) is 0 Å². The zero-order valence-electron chi connectivity index (χ0n) is 14.0. The molecule has 0 bridgehead atoms. The second-order valence-electron chi connectivity index (χ2n) is 6.17. The lowest BCUT2D eigenvalue weighted by Crippen LogP contribution is -2.49. The van der Waals surface area contributed by atoms with Crippen LogP contribution in [-0.2, 0) is 11.3 Å². The normalized spacial score (nSPS) is 19.0. The van der Waals surface area contributed by atoms with Gasteiger partial charge in [-0.3, -0.25) is 0 Å². The van der Waals surface area contributed by atoms with Crippen LogP contribution in [0.3, 0.4) is 0 Å². The third-order valence-electron chi connectivity index (χ3n) is 4.12. The summed E-state index contributed by atoms with van der Waals surface area (Å²) in [5.41, 5.74) is 2.84. The Morgan fingerprint density at radius 1 is 1.20 bits per heavy atom. The Kier molecular flexibility index (Phi) is 4.61. The molecule has 1 heterocycles. The van der Waals surface area contributed by atoms with E-state index in [9.17, 15) is 13.6 Å². The van der Waals surface area contributed by atoms with Crippen molar-refractivity contribution in [1.82, 2.24) is 5.32 Å². The van der Waals surface area contributed by atoms with Crippen molar-refractivity contribution >= 4 is 6.09 Å². The Bertz CT molecular complexity index is 754. The number of rotatable bonds is 4. The Balaban J connectivity index is 1.83. The van der Waals surface area contributed by atoms with Crippen molar-refractivity contribution in [2.75, 3.05) is 6.61 Å². The van der Waals surface area contributed by atoms with Crippen LogP contribution >= 0.6 is 0 Å². The van der Waals surface area contributed by atoms with Crippen molar-refractivity contribution < 1.29 is 23.0 Å². The Hall–Kier alpha value is -2.63. The monoisotopic (exact) mass is 347 g/mol. The highest BCUT2D eigenvalue weighted by atomic mass is 19.3. The van der Waals surface area contributed by atoms with E-state index >= 15 is 0 Å². The molecule has 1 aliphatic rings.